The van der Waals surface area contributed by atoms with Crippen LogP contribution in [0, 0.1) is 18.8 Å². The Hall–Kier alpha value is -3.40. The van der Waals surface area contributed by atoms with Gasteiger partial charge in [-0.1, -0.05) is 83.4 Å². The number of rotatable bonds is 17. The van der Waals surface area contributed by atoms with Gasteiger partial charge in [-0.3, -0.25) is 18.9 Å². The Morgan fingerprint density at radius 3 is 2.07 bits per heavy atom. The quantitative estimate of drug-likeness (QED) is 0.0890. The fourth-order valence-corrected chi connectivity index (χ4v) is 7.81. The molecule has 0 bridgehead atoms. The number of carbonyl (C=O) groups is 4. The molecule has 0 aliphatic carbocycles. The Balaban J connectivity index is 0.00000230. The smallest absolute Gasteiger partial charge is 0.244 e. The Bertz CT molecular complexity index is 1430. The van der Waals surface area contributed by atoms with Gasteiger partial charge in [-0.05, 0) is 25.7 Å². The van der Waals surface area contributed by atoms with Crippen LogP contribution < -0.4 is 10.6 Å². The third-order valence-electron chi connectivity index (χ3n) is 10.3. The van der Waals surface area contributed by atoms with E-state index in [0.29, 0.717) is 19.3 Å². The fourth-order valence-electron chi connectivity index (χ4n) is 7.04. The van der Waals surface area contributed by atoms with E-state index in [-0.39, 0.29) is 36.7 Å². The van der Waals surface area contributed by atoms with Crippen molar-refractivity contribution < 1.29 is 42.8 Å². The number of aldehydes is 1. The Morgan fingerprint density at radius 1 is 1.02 bits per heavy atom. The van der Waals surface area contributed by atoms with Gasteiger partial charge in [0.05, 0.1) is 49.1 Å². The molecule has 3 amide bonds. The lowest BCUT2D eigenvalue weighted by Crippen LogP contribution is -2.53. The predicted octanol–water partition coefficient (Wildman–Crippen LogP) is 3.95. The van der Waals surface area contributed by atoms with Crippen LogP contribution in [0.2, 0.25) is 0 Å². The second-order valence-electron chi connectivity index (χ2n) is 15.6. The normalized spacial score (nSPS) is 18.6. The SMILES string of the molecule is CCC.CCC(C)C(C(CC(=O)N1CCCC1C(OC)C(C)C(=O)NCP(=O)(O)CC=O)OC)N(C)C(=O)CN=C(N(C)C)N1CCNCC1.COC.Cc1ccccc1. The van der Waals surface area contributed by atoms with Crippen molar-refractivity contribution >= 4 is 37.3 Å². The Kier molecular flexibility index (Phi) is 29.7. The van der Waals surface area contributed by atoms with Crippen LogP contribution in [0.3, 0.4) is 0 Å². The predicted molar refractivity (Wildman–Crippen MR) is 240 cm³/mol. The van der Waals surface area contributed by atoms with Crippen molar-refractivity contribution in [3.05, 3.63) is 35.9 Å². The summed E-state index contributed by atoms with van der Waals surface area (Å²) in [4.78, 5) is 73.1. The maximum absolute atomic E-state index is 13.9. The molecule has 2 saturated heterocycles. The lowest BCUT2D eigenvalue weighted by Gasteiger charge is -2.39. The van der Waals surface area contributed by atoms with Crippen molar-refractivity contribution in [2.75, 3.05) is 101 Å². The highest BCUT2D eigenvalue weighted by Gasteiger charge is 2.42. The van der Waals surface area contributed by atoms with Crippen molar-refractivity contribution in [1.82, 2.24) is 30.2 Å². The summed E-state index contributed by atoms with van der Waals surface area (Å²) in [6.45, 7) is 15.8. The van der Waals surface area contributed by atoms with Gasteiger partial charge in [0.2, 0.25) is 25.1 Å². The maximum atomic E-state index is 13.9. The molecule has 3 N–H and O–H groups in total. The zero-order valence-corrected chi connectivity index (χ0v) is 39.9. The molecule has 3 rings (SSSR count). The molecule has 346 valence electrons. The Labute approximate surface area is 361 Å². The van der Waals surface area contributed by atoms with E-state index in [1.807, 2.05) is 51.0 Å². The van der Waals surface area contributed by atoms with Gasteiger partial charge in [-0.2, -0.15) is 0 Å². The topological polar surface area (TPSA) is 183 Å². The molecule has 1 aromatic carbocycles. The van der Waals surface area contributed by atoms with E-state index >= 15 is 0 Å². The number of hydrogen-bond acceptors (Lipinski definition) is 10. The summed E-state index contributed by atoms with van der Waals surface area (Å²) >= 11 is 0. The largest absolute Gasteiger partial charge is 0.388 e. The number of methoxy groups -OCH3 is 3. The summed E-state index contributed by atoms with van der Waals surface area (Å²) in [5.41, 5.74) is 1.32. The lowest BCUT2D eigenvalue weighted by molar-refractivity contribution is -0.145. The highest BCUT2D eigenvalue weighted by molar-refractivity contribution is 7.58. The molecule has 17 heteroatoms. The number of piperazine rings is 1. The van der Waals surface area contributed by atoms with E-state index in [4.69, 9.17) is 14.5 Å². The van der Waals surface area contributed by atoms with Gasteiger partial charge < -0.3 is 54.1 Å². The molecule has 0 aromatic heterocycles. The summed E-state index contributed by atoms with van der Waals surface area (Å²) < 4.78 is 28.0. The zero-order chi connectivity index (χ0) is 45.8. The molecule has 2 fully saturated rings. The van der Waals surface area contributed by atoms with Gasteiger partial charge in [0.1, 0.15) is 12.8 Å². The van der Waals surface area contributed by atoms with Crippen molar-refractivity contribution in [2.24, 2.45) is 16.8 Å². The maximum Gasteiger partial charge on any atom is 0.244 e. The average Bonchev–Trinajstić information content (AvgIpc) is 3.71. The van der Waals surface area contributed by atoms with Crippen molar-refractivity contribution in [1.29, 1.82) is 0 Å². The highest BCUT2D eigenvalue weighted by Crippen LogP contribution is 2.37. The second kappa shape index (κ2) is 31.4. The number of amides is 3. The van der Waals surface area contributed by atoms with Gasteiger partial charge in [0.15, 0.2) is 5.96 Å². The zero-order valence-electron chi connectivity index (χ0n) is 39.0. The number of ether oxygens (including phenoxy) is 3. The van der Waals surface area contributed by atoms with Crippen LogP contribution in [-0.4, -0.2) is 180 Å². The molecule has 0 spiro atoms. The Morgan fingerprint density at radius 2 is 1.60 bits per heavy atom. The number of hydrogen-bond donors (Lipinski definition) is 3. The van der Waals surface area contributed by atoms with E-state index in [1.165, 1.54) is 19.1 Å². The van der Waals surface area contributed by atoms with E-state index < -0.39 is 49.9 Å². The molecule has 0 radical (unpaired) electrons. The second-order valence-corrected chi connectivity index (χ2v) is 17.9. The number of nitrogens with zero attached hydrogens (tertiary/aromatic N) is 5. The van der Waals surface area contributed by atoms with E-state index in [0.717, 1.165) is 45.0 Å². The van der Waals surface area contributed by atoms with E-state index in [1.54, 1.807) is 45.1 Å². The lowest BCUT2D eigenvalue weighted by atomic mass is 9.90. The first-order valence-electron chi connectivity index (χ1n) is 21.2. The molecule has 2 aliphatic heterocycles. The number of carbonyl (C=O) groups excluding carboxylic acids is 4. The summed E-state index contributed by atoms with van der Waals surface area (Å²) in [6, 6.07) is 9.48. The van der Waals surface area contributed by atoms with Crippen molar-refractivity contribution in [2.45, 2.75) is 97.9 Å². The number of likely N-dealkylation sites (N-methyl/N-ethyl adjacent to an activating group) is 1. The average molecular weight is 870 g/mol. The first-order valence-corrected chi connectivity index (χ1v) is 23.2. The van der Waals surface area contributed by atoms with Gasteiger partial charge in [0, 0.05) is 82.3 Å². The summed E-state index contributed by atoms with van der Waals surface area (Å²) in [7, 11) is 8.03. The highest BCUT2D eigenvalue weighted by atomic mass is 31.2. The van der Waals surface area contributed by atoms with Crippen LogP contribution in [0.15, 0.2) is 35.3 Å². The molecule has 2 heterocycles. The van der Waals surface area contributed by atoms with Crippen LogP contribution in [-0.2, 0) is 38.0 Å². The fraction of sp³-hybridized carbons (Fsp3) is 0.744. The number of likely N-dealkylation sites (tertiary alicyclic amines) is 1. The third-order valence-corrected chi connectivity index (χ3v) is 11.6. The van der Waals surface area contributed by atoms with Crippen molar-refractivity contribution in [3.63, 3.8) is 0 Å². The number of aliphatic imine (C=N–C) groups is 1. The standard InChI is InChI=1S/C31H58N7O8P.C7H8.C3H8.C2H6O/c1-9-22(2)28(36(6)27(41)20-33-31(35(4)5)37-15-12-32-13-16-37)25(45-7)19-26(40)38-14-10-11-24(38)29(46-8)23(3)30(42)34-21-47(43,44)18-17-39;1-7-5-3-2-4-6-7;2*1-3-2/h17,22-25,28-29,32H,9-16,18-21H2,1-8H3,(H,34,42)(H,43,44);2-6H,1H3;3H2,1-2H3;1-2H3. The van der Waals surface area contributed by atoms with Crippen LogP contribution >= 0.6 is 7.37 Å². The number of guanidine groups is 1. The molecule has 16 nitrogen and oxygen atoms in total. The van der Waals surface area contributed by atoms with E-state index in [2.05, 4.69) is 53.2 Å². The van der Waals surface area contributed by atoms with Gasteiger partial charge >= 0.3 is 0 Å². The van der Waals surface area contributed by atoms with Gasteiger partial charge in [-0.25, -0.2) is 4.99 Å². The van der Waals surface area contributed by atoms with E-state index in [9.17, 15) is 28.6 Å². The number of nitrogens with one attached hydrogen (secondary N) is 2. The third kappa shape index (κ3) is 20.4. The van der Waals surface area contributed by atoms with Crippen LogP contribution in [0.5, 0.6) is 0 Å². The molecule has 7 unspecified atom stereocenters. The van der Waals surface area contributed by atoms with Crippen LogP contribution in [0.4, 0.5) is 0 Å². The molecule has 0 saturated carbocycles. The molecule has 60 heavy (non-hydrogen) atoms. The number of aryl methyl sites for hydroxylation is 1. The van der Waals surface area contributed by atoms with Crippen LogP contribution in [0.25, 0.3) is 0 Å². The molecule has 1 aromatic rings. The molecule has 7 atom stereocenters. The van der Waals surface area contributed by atoms with Gasteiger partial charge in [0.25, 0.3) is 0 Å². The summed E-state index contributed by atoms with van der Waals surface area (Å²) in [6.07, 6.45) is 1.43. The van der Waals surface area contributed by atoms with Gasteiger partial charge in [-0.15, -0.1) is 0 Å². The molecular formula is C43H80N7O9P. The minimum atomic E-state index is -3.81. The number of benzene rings is 1. The monoisotopic (exact) mass is 870 g/mol. The van der Waals surface area contributed by atoms with Crippen LogP contribution in [0.1, 0.15) is 72.3 Å². The summed E-state index contributed by atoms with van der Waals surface area (Å²) in [5, 5.41) is 5.79. The molecule has 2 aliphatic rings. The molecular weight excluding hydrogens is 789 g/mol. The minimum absolute atomic E-state index is 0.0266. The van der Waals surface area contributed by atoms with Crippen molar-refractivity contribution in [3.8, 4) is 0 Å². The summed E-state index contributed by atoms with van der Waals surface area (Å²) in [5.74, 6) is -0.787. The minimum Gasteiger partial charge on any atom is -0.388 e. The first kappa shape index (κ1) is 56.6. The first-order chi connectivity index (χ1) is 28.4.